The van der Waals surface area contributed by atoms with Gasteiger partial charge < -0.3 is 15.0 Å². The smallest absolute Gasteiger partial charge is 0.269 e. The molecule has 0 radical (unpaired) electrons. The van der Waals surface area contributed by atoms with Crippen molar-refractivity contribution in [2.45, 2.75) is 29.7 Å². The van der Waals surface area contributed by atoms with Gasteiger partial charge in [0.15, 0.2) is 5.65 Å². The van der Waals surface area contributed by atoms with Crippen LogP contribution in [0.2, 0.25) is 0 Å². The van der Waals surface area contributed by atoms with Crippen LogP contribution in [0.25, 0.3) is 22.2 Å². The molecular formula is C27H23N5O6S. The number of nitro groups is 1. The van der Waals surface area contributed by atoms with Gasteiger partial charge in [0, 0.05) is 30.8 Å². The van der Waals surface area contributed by atoms with E-state index in [1.165, 1.54) is 41.0 Å². The number of carbonyl (C=O) groups excluding carboxylic acids is 1. The molecule has 2 heterocycles. The summed E-state index contributed by atoms with van der Waals surface area (Å²) in [4.78, 5) is 32.8. The van der Waals surface area contributed by atoms with Crippen molar-refractivity contribution in [3.05, 3.63) is 94.0 Å². The Morgan fingerprint density at radius 1 is 1.00 bits per heavy atom. The standard InChI is InChI=1S/C27H23N5O6S/c1-17-7-13-20(14-8-17)39(37,38)24-23-25(29-22-6-3-2-5-21(22)28-23)31(15-4-16-33)26(24)30-27(34)18-9-11-19(12-10-18)32(35)36/h2-3,5-14,33H,4,15-16H2,1H3,(H,30,34). The molecule has 0 aliphatic heterocycles. The fourth-order valence-corrected chi connectivity index (χ4v) is 5.78. The number of hydrogen-bond donors (Lipinski definition) is 2. The Hall–Kier alpha value is -4.68. The molecule has 11 nitrogen and oxygen atoms in total. The lowest BCUT2D eigenvalue weighted by molar-refractivity contribution is -0.384. The molecular weight excluding hydrogens is 522 g/mol. The van der Waals surface area contributed by atoms with Gasteiger partial charge in [-0.2, -0.15) is 0 Å². The molecule has 5 rings (SSSR count). The molecule has 0 aliphatic carbocycles. The van der Waals surface area contributed by atoms with Crippen LogP contribution in [0.1, 0.15) is 22.3 Å². The lowest BCUT2D eigenvalue weighted by Gasteiger charge is -2.13. The van der Waals surface area contributed by atoms with E-state index < -0.39 is 20.7 Å². The fraction of sp³-hybridized carbons (Fsp3) is 0.148. The lowest BCUT2D eigenvalue weighted by Crippen LogP contribution is -2.18. The van der Waals surface area contributed by atoms with Crippen LogP contribution in [0.4, 0.5) is 11.5 Å². The van der Waals surface area contributed by atoms with Crippen LogP contribution in [0, 0.1) is 17.0 Å². The normalized spacial score (nSPS) is 11.6. The summed E-state index contributed by atoms with van der Waals surface area (Å²) in [6.45, 7) is 1.79. The second kappa shape index (κ2) is 10.2. The number of fused-ring (bicyclic) bond motifs is 2. The highest BCUT2D eigenvalue weighted by Gasteiger charge is 2.32. The summed E-state index contributed by atoms with van der Waals surface area (Å²) >= 11 is 0. The average molecular weight is 546 g/mol. The first-order valence-electron chi connectivity index (χ1n) is 12.0. The van der Waals surface area contributed by atoms with Crippen molar-refractivity contribution in [1.29, 1.82) is 0 Å². The summed E-state index contributed by atoms with van der Waals surface area (Å²) in [6, 6.07) is 18.3. The highest BCUT2D eigenvalue weighted by Crippen LogP contribution is 2.37. The maximum atomic E-state index is 14.1. The quantitative estimate of drug-likeness (QED) is 0.216. The molecule has 0 saturated carbocycles. The third kappa shape index (κ3) is 4.82. The lowest BCUT2D eigenvalue weighted by atomic mass is 10.2. The summed E-state index contributed by atoms with van der Waals surface area (Å²) in [5.41, 5.74) is 2.07. The van der Waals surface area contributed by atoms with E-state index in [1.807, 2.05) is 6.92 Å². The highest BCUT2D eigenvalue weighted by molar-refractivity contribution is 7.92. The first-order valence-corrected chi connectivity index (χ1v) is 13.5. The number of aryl methyl sites for hydroxylation is 2. The van der Waals surface area contributed by atoms with E-state index in [-0.39, 0.29) is 57.6 Å². The molecule has 2 aromatic heterocycles. The van der Waals surface area contributed by atoms with Gasteiger partial charge in [0.1, 0.15) is 16.2 Å². The van der Waals surface area contributed by atoms with E-state index in [4.69, 9.17) is 0 Å². The molecule has 0 aliphatic rings. The number of nitrogens with one attached hydrogen (secondary N) is 1. The van der Waals surface area contributed by atoms with Crippen LogP contribution < -0.4 is 5.32 Å². The minimum absolute atomic E-state index is 0.00935. The summed E-state index contributed by atoms with van der Waals surface area (Å²) in [5.74, 6) is -0.736. The van der Waals surface area contributed by atoms with Crippen LogP contribution in [0.5, 0.6) is 0 Å². The number of aliphatic hydroxyl groups excluding tert-OH is 1. The van der Waals surface area contributed by atoms with Crippen molar-refractivity contribution in [3.8, 4) is 0 Å². The molecule has 0 unspecified atom stereocenters. The minimum atomic E-state index is -4.22. The molecule has 39 heavy (non-hydrogen) atoms. The van der Waals surface area contributed by atoms with Crippen molar-refractivity contribution < 1.29 is 23.2 Å². The Morgan fingerprint density at radius 2 is 1.64 bits per heavy atom. The molecule has 0 bridgehead atoms. The van der Waals surface area contributed by atoms with E-state index >= 15 is 0 Å². The molecule has 12 heteroatoms. The van der Waals surface area contributed by atoms with Gasteiger partial charge in [0.25, 0.3) is 11.6 Å². The summed E-state index contributed by atoms with van der Waals surface area (Å²) < 4.78 is 29.7. The largest absolute Gasteiger partial charge is 0.396 e. The van der Waals surface area contributed by atoms with Gasteiger partial charge in [0.05, 0.1) is 20.9 Å². The third-order valence-corrected chi connectivity index (χ3v) is 8.04. The van der Waals surface area contributed by atoms with Crippen molar-refractivity contribution in [1.82, 2.24) is 14.5 Å². The second-order valence-corrected chi connectivity index (χ2v) is 10.8. The highest BCUT2D eigenvalue weighted by atomic mass is 32.2. The number of para-hydroxylation sites is 2. The maximum Gasteiger partial charge on any atom is 0.269 e. The maximum absolute atomic E-state index is 14.1. The van der Waals surface area contributed by atoms with E-state index in [0.29, 0.717) is 11.0 Å². The van der Waals surface area contributed by atoms with Crippen LogP contribution >= 0.6 is 0 Å². The Balaban J connectivity index is 1.76. The molecule has 0 spiro atoms. The van der Waals surface area contributed by atoms with Gasteiger partial charge in [-0.05, 0) is 49.7 Å². The summed E-state index contributed by atoms with van der Waals surface area (Å²) in [6.07, 6.45) is 0.253. The SMILES string of the molecule is Cc1ccc(S(=O)(=O)c2c(NC(=O)c3ccc([N+](=O)[O-])cc3)n(CCCO)c3nc4ccccc4nc23)cc1. The molecule has 5 aromatic rings. The zero-order valence-corrected chi connectivity index (χ0v) is 21.6. The number of rotatable bonds is 8. The number of hydrogen-bond acceptors (Lipinski definition) is 8. The van der Waals surface area contributed by atoms with Gasteiger partial charge in [-0.3, -0.25) is 14.9 Å². The molecule has 2 N–H and O–H groups in total. The number of benzene rings is 3. The van der Waals surface area contributed by atoms with E-state index in [2.05, 4.69) is 15.3 Å². The Morgan fingerprint density at radius 3 is 2.26 bits per heavy atom. The number of anilines is 1. The van der Waals surface area contributed by atoms with Gasteiger partial charge in [0.2, 0.25) is 9.84 Å². The predicted octanol–water partition coefficient (Wildman–Crippen LogP) is 4.27. The van der Waals surface area contributed by atoms with Gasteiger partial charge in [-0.1, -0.05) is 29.8 Å². The second-order valence-electron chi connectivity index (χ2n) is 8.87. The summed E-state index contributed by atoms with van der Waals surface area (Å²) in [7, 11) is -4.22. The number of aromatic nitrogens is 3. The van der Waals surface area contributed by atoms with Crippen molar-refractivity contribution in [3.63, 3.8) is 0 Å². The van der Waals surface area contributed by atoms with Crippen LogP contribution in [-0.4, -0.2) is 45.5 Å². The molecule has 0 fully saturated rings. The molecule has 0 atom stereocenters. The van der Waals surface area contributed by atoms with Crippen LogP contribution in [0.15, 0.2) is 82.6 Å². The third-order valence-electron chi connectivity index (χ3n) is 6.22. The Kier molecular flexibility index (Phi) is 6.81. The van der Waals surface area contributed by atoms with Gasteiger partial charge >= 0.3 is 0 Å². The number of amides is 1. The van der Waals surface area contributed by atoms with E-state index in [1.54, 1.807) is 36.4 Å². The first kappa shape index (κ1) is 25.9. The number of carbonyl (C=O) groups is 1. The Labute approximate surface area is 222 Å². The van der Waals surface area contributed by atoms with Crippen molar-refractivity contribution in [2.75, 3.05) is 11.9 Å². The molecule has 198 valence electrons. The average Bonchev–Trinajstić information content (AvgIpc) is 3.22. The van der Waals surface area contributed by atoms with E-state index in [9.17, 15) is 28.4 Å². The first-order chi connectivity index (χ1) is 18.7. The zero-order chi connectivity index (χ0) is 27.7. The molecule has 0 saturated heterocycles. The van der Waals surface area contributed by atoms with Crippen molar-refractivity contribution >= 4 is 49.4 Å². The fourth-order valence-electron chi connectivity index (χ4n) is 4.25. The Bertz CT molecular complexity index is 1830. The van der Waals surface area contributed by atoms with Crippen LogP contribution in [-0.2, 0) is 16.4 Å². The number of nitrogens with zero attached hydrogens (tertiary/aromatic N) is 4. The summed E-state index contributed by atoms with van der Waals surface area (Å²) in [5, 5.41) is 23.3. The zero-order valence-electron chi connectivity index (χ0n) is 20.7. The predicted molar refractivity (Wildman–Crippen MR) is 144 cm³/mol. The number of aliphatic hydroxyl groups is 1. The van der Waals surface area contributed by atoms with E-state index in [0.717, 1.165) is 5.56 Å². The molecule has 1 amide bonds. The topological polar surface area (TPSA) is 157 Å². The number of nitro benzene ring substituents is 1. The minimum Gasteiger partial charge on any atom is -0.396 e. The number of non-ortho nitro benzene ring substituents is 1. The molecule has 3 aromatic carbocycles. The number of sulfone groups is 1. The van der Waals surface area contributed by atoms with Gasteiger partial charge in [-0.25, -0.2) is 18.4 Å². The van der Waals surface area contributed by atoms with Gasteiger partial charge in [-0.15, -0.1) is 0 Å². The van der Waals surface area contributed by atoms with Crippen LogP contribution in [0.3, 0.4) is 0 Å². The monoisotopic (exact) mass is 545 g/mol. The van der Waals surface area contributed by atoms with Crippen molar-refractivity contribution in [2.24, 2.45) is 0 Å².